The van der Waals surface area contributed by atoms with Crippen LogP contribution in [0.5, 0.6) is 11.5 Å². The highest BCUT2D eigenvalue weighted by molar-refractivity contribution is 7.17. The maximum Gasteiger partial charge on any atom is 0.350 e. The minimum atomic E-state index is -0.371. The van der Waals surface area contributed by atoms with Gasteiger partial charge in [0.05, 0.1) is 32.7 Å². The fourth-order valence-electron chi connectivity index (χ4n) is 1.93. The Kier molecular flexibility index (Phi) is 6.14. The predicted molar refractivity (Wildman–Crippen MR) is 93.6 cm³/mol. The highest BCUT2D eigenvalue weighted by Crippen LogP contribution is 2.27. The molecule has 8 heteroatoms. The van der Waals surface area contributed by atoms with Gasteiger partial charge in [0.2, 0.25) is 5.13 Å². The minimum Gasteiger partial charge on any atom is -0.493 e. The summed E-state index contributed by atoms with van der Waals surface area (Å²) in [6, 6.07) is 5.46. The summed E-state index contributed by atoms with van der Waals surface area (Å²) in [5.41, 5.74) is 4.26. The monoisotopic (exact) mass is 349 g/mol. The fraction of sp³-hybridized carbons (Fsp3) is 0.312. The van der Waals surface area contributed by atoms with Crippen LogP contribution in [0.3, 0.4) is 0 Å². The number of methoxy groups -OCH3 is 2. The number of nitrogens with one attached hydrogen (secondary N) is 1. The molecule has 0 amide bonds. The number of aromatic nitrogens is 1. The highest BCUT2D eigenvalue weighted by Gasteiger charge is 2.15. The van der Waals surface area contributed by atoms with Crippen LogP contribution in [0.2, 0.25) is 0 Å². The molecule has 0 saturated heterocycles. The van der Waals surface area contributed by atoms with Crippen molar-refractivity contribution in [3.8, 4) is 11.5 Å². The molecule has 1 aromatic carbocycles. The number of rotatable bonds is 7. The SMILES string of the molecule is CCOC(=O)c1sc(N/N=C\c2ccc(OC)c(OC)c2)nc1C. The molecule has 2 rings (SSSR count). The van der Waals surface area contributed by atoms with Crippen LogP contribution in [0.25, 0.3) is 0 Å². The molecule has 0 saturated carbocycles. The fourth-order valence-corrected chi connectivity index (χ4v) is 2.74. The maximum atomic E-state index is 11.8. The van der Waals surface area contributed by atoms with Crippen molar-refractivity contribution in [3.63, 3.8) is 0 Å². The van der Waals surface area contributed by atoms with Gasteiger partial charge in [-0.1, -0.05) is 11.3 Å². The largest absolute Gasteiger partial charge is 0.493 e. The van der Waals surface area contributed by atoms with Crippen LogP contribution in [0, 0.1) is 6.92 Å². The van der Waals surface area contributed by atoms with Crippen molar-refractivity contribution in [2.24, 2.45) is 5.10 Å². The first-order valence-corrected chi connectivity index (χ1v) is 8.06. The molecule has 0 radical (unpaired) electrons. The van der Waals surface area contributed by atoms with Crippen LogP contribution in [0.4, 0.5) is 5.13 Å². The number of hydrazone groups is 1. The molecule has 0 aliphatic carbocycles. The van der Waals surface area contributed by atoms with E-state index >= 15 is 0 Å². The van der Waals surface area contributed by atoms with E-state index in [2.05, 4.69) is 15.5 Å². The van der Waals surface area contributed by atoms with Gasteiger partial charge in [-0.2, -0.15) is 5.10 Å². The van der Waals surface area contributed by atoms with E-state index in [-0.39, 0.29) is 5.97 Å². The molecular weight excluding hydrogens is 330 g/mol. The Morgan fingerprint density at radius 2 is 2.08 bits per heavy atom. The summed E-state index contributed by atoms with van der Waals surface area (Å²) in [6.45, 7) is 3.85. The van der Waals surface area contributed by atoms with Crippen molar-refractivity contribution in [2.45, 2.75) is 13.8 Å². The van der Waals surface area contributed by atoms with Crippen LogP contribution in [0.1, 0.15) is 27.9 Å². The summed E-state index contributed by atoms with van der Waals surface area (Å²) in [4.78, 5) is 16.5. The third kappa shape index (κ3) is 4.23. The third-order valence-corrected chi connectivity index (χ3v) is 4.08. The number of nitrogens with zero attached hydrogens (tertiary/aromatic N) is 2. The second-order valence-corrected chi connectivity index (χ2v) is 5.64. The number of carbonyl (C=O) groups is 1. The quantitative estimate of drug-likeness (QED) is 0.470. The van der Waals surface area contributed by atoms with E-state index in [0.717, 1.165) is 5.56 Å². The molecule has 1 aromatic heterocycles. The molecule has 0 aliphatic rings. The summed E-state index contributed by atoms with van der Waals surface area (Å²) in [5, 5.41) is 4.65. The first-order valence-electron chi connectivity index (χ1n) is 7.24. The lowest BCUT2D eigenvalue weighted by atomic mass is 10.2. The molecule has 0 fully saturated rings. The van der Waals surface area contributed by atoms with E-state index in [1.165, 1.54) is 11.3 Å². The molecule has 0 aliphatic heterocycles. The van der Waals surface area contributed by atoms with E-state index in [4.69, 9.17) is 14.2 Å². The number of hydrogen-bond donors (Lipinski definition) is 1. The van der Waals surface area contributed by atoms with E-state index in [1.807, 2.05) is 6.07 Å². The molecular formula is C16H19N3O4S. The van der Waals surface area contributed by atoms with Gasteiger partial charge in [0.1, 0.15) is 4.88 Å². The van der Waals surface area contributed by atoms with Gasteiger partial charge in [-0.3, -0.25) is 5.43 Å². The summed E-state index contributed by atoms with van der Waals surface area (Å²) >= 11 is 1.20. The second kappa shape index (κ2) is 8.30. The van der Waals surface area contributed by atoms with E-state index in [0.29, 0.717) is 33.8 Å². The number of hydrogen-bond acceptors (Lipinski definition) is 8. The Bertz CT molecular complexity index is 743. The average molecular weight is 349 g/mol. The number of anilines is 1. The maximum absolute atomic E-state index is 11.8. The lowest BCUT2D eigenvalue weighted by molar-refractivity contribution is 0.0531. The van der Waals surface area contributed by atoms with Crippen LogP contribution in [0.15, 0.2) is 23.3 Å². The number of thiazole rings is 1. The lowest BCUT2D eigenvalue weighted by Crippen LogP contribution is -2.03. The highest BCUT2D eigenvalue weighted by atomic mass is 32.1. The summed E-state index contributed by atoms with van der Waals surface area (Å²) in [5.74, 6) is 0.901. The zero-order valence-electron chi connectivity index (χ0n) is 14.0. The Morgan fingerprint density at radius 3 is 2.75 bits per heavy atom. The van der Waals surface area contributed by atoms with Gasteiger partial charge >= 0.3 is 5.97 Å². The molecule has 0 spiro atoms. The Hall–Kier alpha value is -2.61. The van der Waals surface area contributed by atoms with Crippen molar-refractivity contribution in [2.75, 3.05) is 26.3 Å². The van der Waals surface area contributed by atoms with Crippen molar-refractivity contribution >= 4 is 28.7 Å². The molecule has 0 atom stereocenters. The Balaban J connectivity index is 2.07. The standard InChI is InChI=1S/C16H19N3O4S/c1-5-23-15(20)14-10(2)18-16(24-14)19-17-9-11-6-7-12(21-3)13(8-11)22-4/h6-9H,5H2,1-4H3,(H,18,19)/b17-9-. The molecule has 128 valence electrons. The zero-order valence-corrected chi connectivity index (χ0v) is 14.8. The normalized spacial score (nSPS) is 10.7. The van der Waals surface area contributed by atoms with E-state index < -0.39 is 0 Å². The van der Waals surface area contributed by atoms with Crippen LogP contribution in [-0.2, 0) is 4.74 Å². The first-order chi connectivity index (χ1) is 11.6. The number of esters is 1. The van der Waals surface area contributed by atoms with Crippen LogP contribution < -0.4 is 14.9 Å². The molecule has 7 nitrogen and oxygen atoms in total. The minimum absolute atomic E-state index is 0.330. The molecule has 0 bridgehead atoms. The number of benzene rings is 1. The van der Waals surface area contributed by atoms with Gasteiger partial charge in [0.25, 0.3) is 0 Å². The van der Waals surface area contributed by atoms with Gasteiger partial charge in [-0.05, 0) is 37.6 Å². The topological polar surface area (TPSA) is 82.0 Å². The van der Waals surface area contributed by atoms with Crippen LogP contribution in [-0.4, -0.2) is 38.0 Å². The van der Waals surface area contributed by atoms with Crippen molar-refractivity contribution in [3.05, 3.63) is 34.3 Å². The first kappa shape index (κ1) is 17.7. The number of carbonyl (C=O) groups excluding carboxylic acids is 1. The molecule has 0 unspecified atom stereocenters. The summed E-state index contributed by atoms with van der Waals surface area (Å²) in [6.07, 6.45) is 1.63. The van der Waals surface area contributed by atoms with Crippen LogP contribution >= 0.6 is 11.3 Å². The molecule has 24 heavy (non-hydrogen) atoms. The summed E-state index contributed by atoms with van der Waals surface area (Å²) < 4.78 is 15.4. The predicted octanol–water partition coefficient (Wildman–Crippen LogP) is 3.09. The van der Waals surface area contributed by atoms with Crippen molar-refractivity contribution < 1.29 is 19.0 Å². The second-order valence-electron chi connectivity index (χ2n) is 4.64. The summed E-state index contributed by atoms with van der Waals surface area (Å²) in [7, 11) is 3.16. The number of aryl methyl sites for hydroxylation is 1. The van der Waals surface area contributed by atoms with Gasteiger partial charge < -0.3 is 14.2 Å². The van der Waals surface area contributed by atoms with Gasteiger partial charge in [-0.15, -0.1) is 0 Å². The Morgan fingerprint density at radius 1 is 1.33 bits per heavy atom. The average Bonchev–Trinajstić information content (AvgIpc) is 2.95. The lowest BCUT2D eigenvalue weighted by Gasteiger charge is -2.07. The van der Waals surface area contributed by atoms with E-state index in [1.54, 1.807) is 46.4 Å². The van der Waals surface area contributed by atoms with Gasteiger partial charge in [-0.25, -0.2) is 9.78 Å². The molecule has 1 heterocycles. The zero-order chi connectivity index (χ0) is 17.5. The molecule has 2 aromatic rings. The Labute approximate surface area is 144 Å². The van der Waals surface area contributed by atoms with Gasteiger partial charge in [0.15, 0.2) is 11.5 Å². The smallest absolute Gasteiger partial charge is 0.350 e. The number of ether oxygens (including phenoxy) is 3. The van der Waals surface area contributed by atoms with Crippen molar-refractivity contribution in [1.29, 1.82) is 0 Å². The van der Waals surface area contributed by atoms with Gasteiger partial charge in [0, 0.05) is 0 Å². The van der Waals surface area contributed by atoms with Crippen molar-refractivity contribution in [1.82, 2.24) is 4.98 Å². The molecule has 1 N–H and O–H groups in total. The third-order valence-electron chi connectivity index (χ3n) is 3.04. The van der Waals surface area contributed by atoms with E-state index in [9.17, 15) is 4.79 Å².